The van der Waals surface area contributed by atoms with Gasteiger partial charge in [-0.3, -0.25) is 9.59 Å². The van der Waals surface area contributed by atoms with Crippen molar-refractivity contribution in [2.24, 2.45) is 0 Å². The van der Waals surface area contributed by atoms with Crippen LogP contribution in [-0.2, 0) is 0 Å². The van der Waals surface area contributed by atoms with Crippen LogP contribution in [0.2, 0.25) is 0 Å². The van der Waals surface area contributed by atoms with E-state index in [1.807, 2.05) is 0 Å². The van der Waals surface area contributed by atoms with Crippen LogP contribution in [-0.4, -0.2) is 29.0 Å². The number of aromatic nitrogens is 2. The molecule has 136 valence electrons. The molecule has 0 unspecified atom stereocenters. The first kappa shape index (κ1) is 18.1. The maximum absolute atomic E-state index is 12.3. The van der Waals surface area contributed by atoms with Crippen molar-refractivity contribution in [1.82, 2.24) is 10.2 Å². The van der Waals surface area contributed by atoms with Gasteiger partial charge in [-0.05, 0) is 61.5 Å². The summed E-state index contributed by atoms with van der Waals surface area (Å²) in [7, 11) is 1.54. The predicted octanol–water partition coefficient (Wildman–Crippen LogP) is 3.68. The van der Waals surface area contributed by atoms with E-state index in [0.29, 0.717) is 28.5 Å². The topological polar surface area (TPSA) is 93.2 Å². The van der Waals surface area contributed by atoms with Crippen LogP contribution in [0.25, 0.3) is 0 Å². The SMILES string of the molecule is COc1cccc(C(=O)Nc2ccc(Nc3ccc(C(C)=O)cc3)nn2)c1. The van der Waals surface area contributed by atoms with E-state index in [0.717, 1.165) is 5.69 Å². The number of hydrogen-bond donors (Lipinski definition) is 2. The number of nitrogens with one attached hydrogen (secondary N) is 2. The quantitative estimate of drug-likeness (QED) is 0.650. The zero-order valence-electron chi connectivity index (χ0n) is 14.9. The summed E-state index contributed by atoms with van der Waals surface area (Å²) in [6.07, 6.45) is 0. The number of amides is 1. The van der Waals surface area contributed by atoms with Crippen LogP contribution >= 0.6 is 0 Å². The third kappa shape index (κ3) is 4.66. The average molecular weight is 362 g/mol. The van der Waals surface area contributed by atoms with Gasteiger partial charge in [0.05, 0.1) is 7.11 Å². The summed E-state index contributed by atoms with van der Waals surface area (Å²) in [6.45, 7) is 1.52. The van der Waals surface area contributed by atoms with Crippen molar-refractivity contribution >= 4 is 29.0 Å². The van der Waals surface area contributed by atoms with E-state index in [9.17, 15) is 9.59 Å². The molecule has 2 aromatic carbocycles. The van der Waals surface area contributed by atoms with Crippen LogP contribution in [0.15, 0.2) is 60.7 Å². The van der Waals surface area contributed by atoms with Crippen molar-refractivity contribution in [3.8, 4) is 5.75 Å². The van der Waals surface area contributed by atoms with Crippen LogP contribution in [0, 0.1) is 0 Å². The molecule has 1 amide bonds. The molecule has 3 aromatic rings. The third-order valence-corrected chi connectivity index (χ3v) is 3.80. The van der Waals surface area contributed by atoms with Crippen molar-refractivity contribution in [3.05, 3.63) is 71.8 Å². The van der Waals surface area contributed by atoms with Gasteiger partial charge in [0.25, 0.3) is 5.91 Å². The highest BCUT2D eigenvalue weighted by Crippen LogP contribution is 2.17. The van der Waals surface area contributed by atoms with Crippen LogP contribution < -0.4 is 15.4 Å². The molecule has 0 saturated heterocycles. The summed E-state index contributed by atoms with van der Waals surface area (Å²) in [5.74, 6) is 1.16. The van der Waals surface area contributed by atoms with Crippen molar-refractivity contribution in [3.63, 3.8) is 0 Å². The summed E-state index contributed by atoms with van der Waals surface area (Å²) < 4.78 is 5.11. The predicted molar refractivity (Wildman–Crippen MR) is 103 cm³/mol. The van der Waals surface area contributed by atoms with Gasteiger partial charge in [-0.1, -0.05) is 6.07 Å². The Hall–Kier alpha value is -3.74. The molecule has 0 aliphatic heterocycles. The molecule has 3 rings (SSSR count). The monoisotopic (exact) mass is 362 g/mol. The first-order chi connectivity index (χ1) is 13.0. The standard InChI is InChI=1S/C20H18N4O3/c1-13(25)14-6-8-16(9-7-14)21-18-10-11-19(24-23-18)22-20(26)15-4-3-5-17(12-15)27-2/h3-12H,1-2H3,(H,21,23)(H,22,24,26). The number of ketones is 1. The number of ether oxygens (including phenoxy) is 1. The zero-order valence-corrected chi connectivity index (χ0v) is 14.9. The van der Waals surface area contributed by atoms with E-state index >= 15 is 0 Å². The lowest BCUT2D eigenvalue weighted by atomic mass is 10.1. The first-order valence-corrected chi connectivity index (χ1v) is 8.22. The fourth-order valence-corrected chi connectivity index (χ4v) is 2.35. The van der Waals surface area contributed by atoms with Gasteiger partial charge in [0.1, 0.15) is 5.75 Å². The molecule has 1 heterocycles. The lowest BCUT2D eigenvalue weighted by molar-refractivity contribution is 0.101. The Kier molecular flexibility index (Phi) is 5.41. The molecule has 0 atom stereocenters. The van der Waals surface area contributed by atoms with E-state index in [4.69, 9.17) is 4.74 Å². The minimum Gasteiger partial charge on any atom is -0.497 e. The van der Waals surface area contributed by atoms with Crippen LogP contribution in [0.4, 0.5) is 17.3 Å². The summed E-state index contributed by atoms with van der Waals surface area (Å²) >= 11 is 0. The molecule has 0 radical (unpaired) electrons. The second-order valence-electron chi connectivity index (χ2n) is 5.75. The van der Waals surface area contributed by atoms with E-state index < -0.39 is 0 Å². The molecular formula is C20H18N4O3. The van der Waals surface area contributed by atoms with Crippen molar-refractivity contribution in [1.29, 1.82) is 0 Å². The second kappa shape index (κ2) is 8.09. The van der Waals surface area contributed by atoms with Crippen molar-refractivity contribution in [2.75, 3.05) is 17.7 Å². The summed E-state index contributed by atoms with van der Waals surface area (Å²) in [5.41, 5.74) is 1.88. The third-order valence-electron chi connectivity index (χ3n) is 3.80. The van der Waals surface area contributed by atoms with Gasteiger partial charge >= 0.3 is 0 Å². The normalized spacial score (nSPS) is 10.1. The number of hydrogen-bond acceptors (Lipinski definition) is 6. The fraction of sp³-hybridized carbons (Fsp3) is 0.100. The molecule has 1 aromatic heterocycles. The zero-order chi connectivity index (χ0) is 19.2. The number of nitrogens with zero attached hydrogens (tertiary/aromatic N) is 2. The maximum Gasteiger partial charge on any atom is 0.256 e. The summed E-state index contributed by atoms with van der Waals surface area (Å²) in [5, 5.41) is 13.8. The molecule has 2 N–H and O–H groups in total. The van der Waals surface area contributed by atoms with Crippen molar-refractivity contribution < 1.29 is 14.3 Å². The Labute approximate surface area is 156 Å². The van der Waals surface area contributed by atoms with Crippen LogP contribution in [0.1, 0.15) is 27.6 Å². The number of carbonyl (C=O) groups is 2. The Bertz CT molecular complexity index is 954. The number of Topliss-reactive ketones (excluding diaryl/α,β-unsaturated/α-hetero) is 1. The smallest absolute Gasteiger partial charge is 0.256 e. The van der Waals surface area contributed by atoms with E-state index in [-0.39, 0.29) is 11.7 Å². The molecule has 7 nitrogen and oxygen atoms in total. The average Bonchev–Trinajstić information content (AvgIpc) is 2.70. The number of carbonyl (C=O) groups excluding carboxylic acids is 2. The van der Waals surface area contributed by atoms with Gasteiger partial charge in [-0.2, -0.15) is 0 Å². The van der Waals surface area contributed by atoms with Crippen molar-refractivity contribution in [2.45, 2.75) is 6.92 Å². The van der Waals surface area contributed by atoms with E-state index in [2.05, 4.69) is 20.8 Å². The highest BCUT2D eigenvalue weighted by molar-refractivity contribution is 6.04. The molecule has 0 spiro atoms. The molecule has 0 fully saturated rings. The van der Waals surface area contributed by atoms with Gasteiger partial charge in [0.2, 0.25) is 0 Å². The highest BCUT2D eigenvalue weighted by atomic mass is 16.5. The fourth-order valence-electron chi connectivity index (χ4n) is 2.35. The molecule has 0 aliphatic rings. The summed E-state index contributed by atoms with van der Waals surface area (Å²) in [6, 6.07) is 17.2. The maximum atomic E-state index is 12.3. The van der Waals surface area contributed by atoms with E-state index in [1.54, 1.807) is 67.8 Å². The van der Waals surface area contributed by atoms with Gasteiger partial charge in [-0.25, -0.2) is 0 Å². The largest absolute Gasteiger partial charge is 0.497 e. The van der Waals surface area contributed by atoms with E-state index in [1.165, 1.54) is 6.92 Å². The Balaban J connectivity index is 1.64. The first-order valence-electron chi connectivity index (χ1n) is 8.22. The van der Waals surface area contributed by atoms with Gasteiger partial charge in [-0.15, -0.1) is 10.2 Å². The number of anilines is 3. The lowest BCUT2D eigenvalue weighted by Crippen LogP contribution is -2.13. The Morgan fingerprint density at radius 3 is 2.22 bits per heavy atom. The lowest BCUT2D eigenvalue weighted by Gasteiger charge is -2.08. The highest BCUT2D eigenvalue weighted by Gasteiger charge is 2.08. The molecule has 0 aliphatic carbocycles. The number of benzene rings is 2. The van der Waals surface area contributed by atoms with Gasteiger partial charge in [0.15, 0.2) is 17.4 Å². The molecule has 27 heavy (non-hydrogen) atoms. The number of methoxy groups -OCH3 is 1. The number of rotatable bonds is 6. The van der Waals surface area contributed by atoms with Gasteiger partial charge in [0, 0.05) is 16.8 Å². The molecule has 0 saturated carbocycles. The minimum atomic E-state index is -0.302. The minimum absolute atomic E-state index is 0.0115. The Morgan fingerprint density at radius 1 is 0.889 bits per heavy atom. The Morgan fingerprint density at radius 2 is 1.59 bits per heavy atom. The summed E-state index contributed by atoms with van der Waals surface area (Å²) in [4.78, 5) is 23.6. The van der Waals surface area contributed by atoms with Crippen LogP contribution in [0.5, 0.6) is 5.75 Å². The second-order valence-corrected chi connectivity index (χ2v) is 5.75. The molecular weight excluding hydrogens is 344 g/mol. The van der Waals surface area contributed by atoms with Crippen LogP contribution in [0.3, 0.4) is 0 Å². The molecule has 0 bridgehead atoms. The van der Waals surface area contributed by atoms with Gasteiger partial charge < -0.3 is 15.4 Å². The molecule has 7 heteroatoms.